The third-order valence-corrected chi connectivity index (χ3v) is 5.17. The van der Waals surface area contributed by atoms with Crippen LogP contribution in [0.2, 0.25) is 0 Å². The molecule has 1 unspecified atom stereocenters. The van der Waals surface area contributed by atoms with Gasteiger partial charge in [-0.25, -0.2) is 0 Å². The lowest BCUT2D eigenvalue weighted by atomic mass is 9.97. The van der Waals surface area contributed by atoms with Gasteiger partial charge in [-0.1, -0.05) is 48.5 Å². The molecule has 0 fully saturated rings. The number of carbonyl (C=O) groups excluding carboxylic acids is 1. The van der Waals surface area contributed by atoms with Crippen LogP contribution in [0.4, 0.5) is 0 Å². The van der Waals surface area contributed by atoms with E-state index >= 15 is 0 Å². The molecule has 0 spiro atoms. The van der Waals surface area contributed by atoms with E-state index in [1.54, 1.807) is 6.20 Å². The van der Waals surface area contributed by atoms with Crippen LogP contribution in [0.25, 0.3) is 0 Å². The van der Waals surface area contributed by atoms with E-state index in [1.807, 2.05) is 29.1 Å². The van der Waals surface area contributed by atoms with Crippen molar-refractivity contribution in [3.05, 3.63) is 89.2 Å². The highest BCUT2D eigenvalue weighted by Crippen LogP contribution is 2.35. The molecule has 0 radical (unpaired) electrons. The second-order valence-electron chi connectivity index (χ2n) is 6.89. The van der Waals surface area contributed by atoms with E-state index in [0.29, 0.717) is 18.9 Å². The maximum atomic E-state index is 12.5. The highest BCUT2D eigenvalue weighted by molar-refractivity contribution is 5.77. The first-order valence-electron chi connectivity index (χ1n) is 9.18. The van der Waals surface area contributed by atoms with Gasteiger partial charge >= 0.3 is 0 Å². The lowest BCUT2D eigenvalue weighted by Gasteiger charge is -2.14. The molecule has 1 heterocycles. The molecule has 3 aromatic rings. The van der Waals surface area contributed by atoms with E-state index in [9.17, 15) is 4.79 Å². The van der Waals surface area contributed by atoms with E-state index < -0.39 is 0 Å². The Bertz CT molecular complexity index is 886. The number of benzene rings is 2. The molecule has 132 valence electrons. The highest BCUT2D eigenvalue weighted by Gasteiger charge is 2.24. The zero-order valence-electron chi connectivity index (χ0n) is 14.8. The lowest BCUT2D eigenvalue weighted by molar-refractivity contribution is -0.121. The molecule has 0 saturated heterocycles. The van der Waals surface area contributed by atoms with E-state index in [-0.39, 0.29) is 5.91 Å². The summed E-state index contributed by atoms with van der Waals surface area (Å²) in [6, 6.07) is 18.6. The maximum Gasteiger partial charge on any atom is 0.220 e. The molecule has 1 aromatic heterocycles. The molecule has 4 heteroatoms. The zero-order valence-corrected chi connectivity index (χ0v) is 14.8. The van der Waals surface area contributed by atoms with E-state index in [1.165, 1.54) is 16.7 Å². The van der Waals surface area contributed by atoms with Crippen molar-refractivity contribution >= 4 is 5.91 Å². The maximum absolute atomic E-state index is 12.5. The van der Waals surface area contributed by atoms with Gasteiger partial charge in [0.15, 0.2) is 0 Å². The average molecular weight is 345 g/mol. The quantitative estimate of drug-likeness (QED) is 0.741. The van der Waals surface area contributed by atoms with Crippen molar-refractivity contribution in [2.45, 2.75) is 38.3 Å². The monoisotopic (exact) mass is 345 g/mol. The number of nitrogens with one attached hydrogen (secondary N) is 1. The second kappa shape index (κ2) is 7.56. The SMILES string of the molecule is O=C(CC1CCc2ccccc21)NCc1ccccc1Cn1cccn1. The van der Waals surface area contributed by atoms with Crippen LogP contribution < -0.4 is 5.32 Å². The Kier molecular flexibility index (Phi) is 4.82. The molecule has 1 amide bonds. The molecule has 1 aliphatic rings. The lowest BCUT2D eigenvalue weighted by Crippen LogP contribution is -2.25. The van der Waals surface area contributed by atoms with Crippen LogP contribution in [-0.2, 0) is 24.3 Å². The van der Waals surface area contributed by atoms with Crippen molar-refractivity contribution in [1.82, 2.24) is 15.1 Å². The van der Waals surface area contributed by atoms with Crippen LogP contribution in [0.15, 0.2) is 67.0 Å². The highest BCUT2D eigenvalue weighted by atomic mass is 16.1. The van der Waals surface area contributed by atoms with Gasteiger partial charge in [0, 0.05) is 25.4 Å². The Labute approximate surface area is 153 Å². The van der Waals surface area contributed by atoms with Gasteiger partial charge in [-0.2, -0.15) is 5.10 Å². The van der Waals surface area contributed by atoms with Gasteiger partial charge in [-0.3, -0.25) is 9.48 Å². The minimum Gasteiger partial charge on any atom is -0.352 e. The van der Waals surface area contributed by atoms with Crippen LogP contribution in [0.5, 0.6) is 0 Å². The predicted octanol–water partition coefficient (Wildman–Crippen LogP) is 3.67. The summed E-state index contributed by atoms with van der Waals surface area (Å²) in [4.78, 5) is 12.5. The largest absolute Gasteiger partial charge is 0.352 e. The fourth-order valence-electron chi connectivity index (χ4n) is 3.80. The van der Waals surface area contributed by atoms with Gasteiger partial charge < -0.3 is 5.32 Å². The number of hydrogen-bond acceptors (Lipinski definition) is 2. The Balaban J connectivity index is 1.37. The van der Waals surface area contributed by atoms with Crippen molar-refractivity contribution in [2.75, 3.05) is 0 Å². The van der Waals surface area contributed by atoms with Gasteiger partial charge in [-0.15, -0.1) is 0 Å². The summed E-state index contributed by atoms with van der Waals surface area (Å²) in [5.41, 5.74) is 5.07. The van der Waals surface area contributed by atoms with Gasteiger partial charge in [-0.05, 0) is 47.1 Å². The number of amides is 1. The normalized spacial score (nSPS) is 15.6. The minimum absolute atomic E-state index is 0.126. The third-order valence-electron chi connectivity index (χ3n) is 5.17. The van der Waals surface area contributed by atoms with Crippen LogP contribution in [-0.4, -0.2) is 15.7 Å². The molecule has 1 N–H and O–H groups in total. The average Bonchev–Trinajstić information content (AvgIpc) is 3.31. The summed E-state index contributed by atoms with van der Waals surface area (Å²) in [6.45, 7) is 1.28. The third kappa shape index (κ3) is 3.69. The molecule has 0 saturated carbocycles. The van der Waals surface area contributed by atoms with Crippen LogP contribution in [0.1, 0.15) is 41.0 Å². The van der Waals surface area contributed by atoms with Crippen molar-refractivity contribution in [3.63, 3.8) is 0 Å². The number of hydrogen-bond donors (Lipinski definition) is 1. The Morgan fingerprint density at radius 1 is 1.08 bits per heavy atom. The fourth-order valence-corrected chi connectivity index (χ4v) is 3.80. The number of nitrogens with zero attached hydrogens (tertiary/aromatic N) is 2. The summed E-state index contributed by atoms with van der Waals surface area (Å²) in [6.07, 6.45) is 6.46. The predicted molar refractivity (Wildman–Crippen MR) is 102 cm³/mol. The topological polar surface area (TPSA) is 46.9 Å². The molecule has 0 aliphatic heterocycles. The summed E-state index contributed by atoms with van der Waals surface area (Å²) in [7, 11) is 0. The second-order valence-corrected chi connectivity index (χ2v) is 6.89. The minimum atomic E-state index is 0.126. The van der Waals surface area contributed by atoms with Crippen molar-refractivity contribution in [3.8, 4) is 0 Å². The Morgan fingerprint density at radius 3 is 2.73 bits per heavy atom. The van der Waals surface area contributed by atoms with Gasteiger partial charge in [0.25, 0.3) is 0 Å². The summed E-state index contributed by atoms with van der Waals surface area (Å²) < 4.78 is 1.90. The summed E-state index contributed by atoms with van der Waals surface area (Å²) >= 11 is 0. The van der Waals surface area contributed by atoms with E-state index in [0.717, 1.165) is 24.9 Å². The first kappa shape index (κ1) is 16.6. The Hall–Kier alpha value is -2.88. The van der Waals surface area contributed by atoms with Gasteiger partial charge in [0.05, 0.1) is 6.54 Å². The molecule has 4 rings (SSSR count). The molecule has 2 aromatic carbocycles. The summed E-state index contributed by atoms with van der Waals surface area (Å²) in [5.74, 6) is 0.478. The number of carbonyl (C=O) groups is 1. The zero-order chi connectivity index (χ0) is 17.8. The van der Waals surface area contributed by atoms with Crippen LogP contribution in [0, 0.1) is 0 Å². The number of aromatic nitrogens is 2. The van der Waals surface area contributed by atoms with E-state index in [2.05, 4.69) is 46.8 Å². The van der Waals surface area contributed by atoms with E-state index in [4.69, 9.17) is 0 Å². The van der Waals surface area contributed by atoms with Gasteiger partial charge in [0.1, 0.15) is 0 Å². The molecule has 26 heavy (non-hydrogen) atoms. The number of rotatable bonds is 6. The van der Waals surface area contributed by atoms with Crippen molar-refractivity contribution in [2.24, 2.45) is 0 Å². The van der Waals surface area contributed by atoms with Crippen molar-refractivity contribution in [1.29, 1.82) is 0 Å². The smallest absolute Gasteiger partial charge is 0.220 e. The number of aryl methyl sites for hydroxylation is 1. The molecular formula is C22H23N3O. The molecule has 1 atom stereocenters. The van der Waals surface area contributed by atoms with Crippen LogP contribution in [0.3, 0.4) is 0 Å². The standard InChI is InChI=1S/C22H23N3O/c26-22(14-18-11-10-17-6-3-4-9-21(17)18)23-15-19-7-1-2-8-20(19)16-25-13-5-12-24-25/h1-9,12-13,18H,10-11,14-16H2,(H,23,26). The van der Waals surface area contributed by atoms with Crippen molar-refractivity contribution < 1.29 is 4.79 Å². The Morgan fingerprint density at radius 2 is 1.88 bits per heavy atom. The fraction of sp³-hybridized carbons (Fsp3) is 0.273. The first-order valence-corrected chi connectivity index (χ1v) is 9.18. The first-order chi connectivity index (χ1) is 12.8. The van der Waals surface area contributed by atoms with Gasteiger partial charge in [0.2, 0.25) is 5.91 Å². The molecule has 4 nitrogen and oxygen atoms in total. The molecule has 1 aliphatic carbocycles. The number of fused-ring (bicyclic) bond motifs is 1. The van der Waals surface area contributed by atoms with Crippen LogP contribution >= 0.6 is 0 Å². The molecular weight excluding hydrogens is 322 g/mol. The summed E-state index contributed by atoms with van der Waals surface area (Å²) in [5, 5.41) is 7.38. The molecule has 0 bridgehead atoms.